The van der Waals surface area contributed by atoms with E-state index in [1.54, 1.807) is 24.3 Å². The van der Waals surface area contributed by atoms with Crippen LogP contribution in [0.3, 0.4) is 0 Å². The quantitative estimate of drug-likeness (QED) is 0.711. The highest BCUT2D eigenvalue weighted by Crippen LogP contribution is 2.25. The number of fused-ring (bicyclic) bond motifs is 1. The van der Waals surface area contributed by atoms with Crippen molar-refractivity contribution in [2.24, 2.45) is 0 Å². The minimum atomic E-state index is -0.494. The molecule has 0 spiro atoms. The van der Waals surface area contributed by atoms with Crippen LogP contribution in [-0.2, 0) is 4.74 Å². The molecule has 7 heteroatoms. The molecule has 0 atom stereocenters. The number of nitrogens with one attached hydrogen (secondary N) is 2. The summed E-state index contributed by atoms with van der Waals surface area (Å²) in [7, 11) is 1.30. The lowest BCUT2D eigenvalue weighted by Gasteiger charge is -1.98. The number of rotatable bonds is 2. The summed E-state index contributed by atoms with van der Waals surface area (Å²) in [6.07, 6.45) is 1.46. The van der Waals surface area contributed by atoms with Crippen molar-refractivity contribution in [1.82, 2.24) is 15.0 Å². The van der Waals surface area contributed by atoms with Crippen LogP contribution in [0.25, 0.3) is 22.4 Å². The maximum absolute atomic E-state index is 11.9. The zero-order valence-electron chi connectivity index (χ0n) is 10.9. The number of pyridine rings is 1. The van der Waals surface area contributed by atoms with E-state index in [0.29, 0.717) is 22.4 Å². The lowest BCUT2D eigenvalue weighted by Crippen LogP contribution is -2.09. The van der Waals surface area contributed by atoms with Gasteiger partial charge < -0.3 is 14.7 Å². The number of hydrogen-bond acceptors (Lipinski definition) is 4. The molecule has 0 radical (unpaired) electrons. The number of ether oxygens (including phenoxy) is 1. The third-order valence-corrected chi connectivity index (χ3v) is 3.38. The maximum atomic E-state index is 11.9. The molecule has 1 aromatic carbocycles. The molecule has 106 valence electrons. The summed E-state index contributed by atoms with van der Waals surface area (Å²) < 4.78 is 4.72. The van der Waals surface area contributed by atoms with Crippen molar-refractivity contribution in [3.05, 3.63) is 51.4 Å². The van der Waals surface area contributed by atoms with Gasteiger partial charge in [0.15, 0.2) is 0 Å². The standard InChI is InChI=1S/C14H10ClN3O3/c1-21-14(20)7-3-2-4-9-11(7)18-12(17-9)10-8(15)5-6-16-13(10)19/h2-6H,1H3,(H,16,19)(H,17,18). The molecule has 0 saturated carbocycles. The van der Waals surface area contributed by atoms with Crippen molar-refractivity contribution < 1.29 is 9.53 Å². The molecule has 0 unspecified atom stereocenters. The van der Waals surface area contributed by atoms with Crippen LogP contribution >= 0.6 is 11.6 Å². The lowest BCUT2D eigenvalue weighted by atomic mass is 10.2. The van der Waals surface area contributed by atoms with Crippen LogP contribution in [0.5, 0.6) is 0 Å². The summed E-state index contributed by atoms with van der Waals surface area (Å²) in [5.41, 5.74) is 1.24. The van der Waals surface area contributed by atoms with Crippen LogP contribution in [0.2, 0.25) is 5.02 Å². The molecular formula is C14H10ClN3O3. The summed E-state index contributed by atoms with van der Waals surface area (Å²) in [6.45, 7) is 0. The fourth-order valence-corrected chi connectivity index (χ4v) is 2.34. The number of esters is 1. The molecule has 3 aromatic rings. The van der Waals surface area contributed by atoms with E-state index in [-0.39, 0.29) is 16.1 Å². The largest absolute Gasteiger partial charge is 0.465 e. The Morgan fingerprint density at radius 2 is 2.14 bits per heavy atom. The molecular weight excluding hydrogens is 294 g/mol. The van der Waals surface area contributed by atoms with Crippen LogP contribution in [0.15, 0.2) is 35.3 Å². The lowest BCUT2D eigenvalue weighted by molar-refractivity contribution is 0.0603. The van der Waals surface area contributed by atoms with Crippen LogP contribution in [-0.4, -0.2) is 28.0 Å². The van der Waals surface area contributed by atoms with Gasteiger partial charge in [0.2, 0.25) is 0 Å². The summed E-state index contributed by atoms with van der Waals surface area (Å²) in [5, 5.41) is 0.275. The minimum absolute atomic E-state index is 0.228. The van der Waals surface area contributed by atoms with Gasteiger partial charge >= 0.3 is 5.97 Å². The van der Waals surface area contributed by atoms with Crippen molar-refractivity contribution in [2.45, 2.75) is 0 Å². The molecule has 0 saturated heterocycles. The van der Waals surface area contributed by atoms with E-state index >= 15 is 0 Å². The minimum Gasteiger partial charge on any atom is -0.465 e. The summed E-state index contributed by atoms with van der Waals surface area (Å²) in [6, 6.07) is 6.62. The number of aromatic nitrogens is 3. The highest BCUT2D eigenvalue weighted by molar-refractivity contribution is 6.33. The zero-order chi connectivity index (χ0) is 15.0. The normalized spacial score (nSPS) is 10.8. The molecule has 2 heterocycles. The molecule has 0 aliphatic heterocycles. The van der Waals surface area contributed by atoms with Gasteiger partial charge in [0.25, 0.3) is 5.56 Å². The van der Waals surface area contributed by atoms with Crippen LogP contribution in [0, 0.1) is 0 Å². The van der Waals surface area contributed by atoms with Crippen molar-refractivity contribution in [3.63, 3.8) is 0 Å². The molecule has 6 nitrogen and oxygen atoms in total. The number of carbonyl (C=O) groups is 1. The number of para-hydroxylation sites is 1. The van der Waals surface area contributed by atoms with Crippen molar-refractivity contribution in [2.75, 3.05) is 7.11 Å². The average Bonchev–Trinajstić information content (AvgIpc) is 2.89. The Balaban J connectivity index is 2.27. The van der Waals surface area contributed by atoms with Gasteiger partial charge in [0, 0.05) is 6.20 Å². The third kappa shape index (κ3) is 2.19. The average molecular weight is 304 g/mol. The van der Waals surface area contributed by atoms with Gasteiger partial charge in [-0.15, -0.1) is 0 Å². The van der Waals surface area contributed by atoms with Crippen molar-refractivity contribution >= 4 is 28.6 Å². The van der Waals surface area contributed by atoms with Gasteiger partial charge in [-0.3, -0.25) is 4.79 Å². The number of aromatic amines is 2. The number of benzene rings is 1. The van der Waals surface area contributed by atoms with E-state index in [2.05, 4.69) is 15.0 Å². The number of carbonyl (C=O) groups excluding carboxylic acids is 1. The highest BCUT2D eigenvalue weighted by Gasteiger charge is 2.17. The first-order valence-corrected chi connectivity index (χ1v) is 6.44. The topological polar surface area (TPSA) is 87.8 Å². The molecule has 2 aromatic heterocycles. The molecule has 2 N–H and O–H groups in total. The van der Waals surface area contributed by atoms with E-state index in [1.165, 1.54) is 13.3 Å². The molecule has 0 bridgehead atoms. The zero-order valence-corrected chi connectivity index (χ0v) is 11.7. The van der Waals surface area contributed by atoms with E-state index in [0.717, 1.165) is 0 Å². The van der Waals surface area contributed by atoms with E-state index < -0.39 is 5.97 Å². The summed E-state index contributed by atoms with van der Waals surface area (Å²) in [5.74, 6) is -0.195. The third-order valence-electron chi connectivity index (χ3n) is 3.06. The van der Waals surface area contributed by atoms with Crippen LogP contribution in [0.1, 0.15) is 10.4 Å². The van der Waals surface area contributed by atoms with Crippen LogP contribution < -0.4 is 5.56 Å². The fraction of sp³-hybridized carbons (Fsp3) is 0.0714. The second kappa shape index (κ2) is 5.06. The predicted octanol–water partition coefficient (Wildman–Crippen LogP) is 2.36. The molecule has 3 rings (SSSR count). The van der Waals surface area contributed by atoms with E-state index in [1.807, 2.05) is 0 Å². The Labute approximate surface area is 123 Å². The first-order chi connectivity index (χ1) is 10.1. The second-order valence-corrected chi connectivity index (χ2v) is 4.72. The molecule has 0 fully saturated rings. The monoisotopic (exact) mass is 303 g/mol. The van der Waals surface area contributed by atoms with Gasteiger partial charge in [-0.05, 0) is 18.2 Å². The summed E-state index contributed by atoms with van der Waals surface area (Å²) in [4.78, 5) is 33.5. The maximum Gasteiger partial charge on any atom is 0.340 e. The second-order valence-electron chi connectivity index (χ2n) is 4.31. The number of methoxy groups -OCH3 is 1. The highest BCUT2D eigenvalue weighted by atomic mass is 35.5. The Morgan fingerprint density at radius 3 is 2.86 bits per heavy atom. The predicted molar refractivity (Wildman–Crippen MR) is 78.5 cm³/mol. The van der Waals surface area contributed by atoms with Gasteiger partial charge in [0.05, 0.1) is 23.2 Å². The number of H-pyrrole nitrogens is 2. The Kier molecular flexibility index (Phi) is 3.23. The van der Waals surface area contributed by atoms with Gasteiger partial charge in [-0.2, -0.15) is 0 Å². The number of hydrogen-bond donors (Lipinski definition) is 2. The van der Waals surface area contributed by atoms with E-state index in [4.69, 9.17) is 16.3 Å². The van der Waals surface area contributed by atoms with Crippen molar-refractivity contribution in [1.29, 1.82) is 0 Å². The Hall–Kier alpha value is -2.60. The molecule has 0 aliphatic rings. The Morgan fingerprint density at radius 1 is 1.33 bits per heavy atom. The number of imidazole rings is 1. The molecule has 0 aliphatic carbocycles. The van der Waals surface area contributed by atoms with E-state index in [9.17, 15) is 9.59 Å². The number of nitrogens with zero attached hydrogens (tertiary/aromatic N) is 1. The Bertz CT molecular complexity index is 898. The molecule has 21 heavy (non-hydrogen) atoms. The van der Waals surface area contributed by atoms with Crippen LogP contribution in [0.4, 0.5) is 0 Å². The SMILES string of the molecule is COC(=O)c1cccc2[nH]c(-c3c(Cl)cc[nH]c3=O)nc12. The summed E-state index contributed by atoms with van der Waals surface area (Å²) >= 11 is 6.05. The van der Waals surface area contributed by atoms with Gasteiger partial charge in [-0.25, -0.2) is 9.78 Å². The smallest absolute Gasteiger partial charge is 0.340 e. The molecule has 0 amide bonds. The fourth-order valence-electron chi connectivity index (χ4n) is 2.10. The van der Waals surface area contributed by atoms with Gasteiger partial charge in [-0.1, -0.05) is 17.7 Å². The van der Waals surface area contributed by atoms with Gasteiger partial charge in [0.1, 0.15) is 16.9 Å². The first kappa shape index (κ1) is 13.4. The first-order valence-electron chi connectivity index (χ1n) is 6.06. The number of halogens is 1. The van der Waals surface area contributed by atoms with Crippen molar-refractivity contribution in [3.8, 4) is 11.4 Å².